The Morgan fingerprint density at radius 3 is 2.76 bits per heavy atom. The van der Waals surface area contributed by atoms with Crippen LogP contribution in [-0.4, -0.2) is 36.5 Å². The highest BCUT2D eigenvalue weighted by Gasteiger charge is 2.14. The van der Waals surface area contributed by atoms with Gasteiger partial charge in [0, 0.05) is 25.4 Å². The molecule has 0 spiro atoms. The normalized spacial score (nSPS) is 10.9. The van der Waals surface area contributed by atoms with Crippen LogP contribution in [0.3, 0.4) is 0 Å². The van der Waals surface area contributed by atoms with Crippen molar-refractivity contribution in [2.75, 3.05) is 25.0 Å². The summed E-state index contributed by atoms with van der Waals surface area (Å²) in [7, 11) is 1.61. The summed E-state index contributed by atoms with van der Waals surface area (Å²) in [5.74, 6) is 1.15. The third-order valence-electron chi connectivity index (χ3n) is 2.30. The summed E-state index contributed by atoms with van der Waals surface area (Å²) in [6.07, 6.45) is -0.690. The maximum absolute atomic E-state index is 12.4. The van der Waals surface area contributed by atoms with Crippen LogP contribution in [0, 0.1) is 6.92 Å². The van der Waals surface area contributed by atoms with E-state index >= 15 is 0 Å². The molecule has 0 aliphatic heterocycles. The molecule has 0 aliphatic carbocycles. The van der Waals surface area contributed by atoms with E-state index in [0.29, 0.717) is 18.2 Å². The summed E-state index contributed by atoms with van der Waals surface area (Å²) < 4.78 is 24.7. The molecule has 0 aliphatic rings. The van der Waals surface area contributed by atoms with Gasteiger partial charge in [-0.2, -0.15) is 0 Å². The number of nitrogens with zero attached hydrogens (tertiary/aromatic N) is 3. The maximum atomic E-state index is 12.4. The predicted molar refractivity (Wildman–Crippen MR) is 63.4 cm³/mol. The third kappa shape index (κ3) is 4.22. The van der Waals surface area contributed by atoms with Gasteiger partial charge in [0.1, 0.15) is 11.6 Å². The Bertz CT molecular complexity index is 357. The number of hydrogen-bond donors (Lipinski definition) is 1. The van der Waals surface area contributed by atoms with Crippen LogP contribution < -0.4 is 10.2 Å². The van der Waals surface area contributed by atoms with Gasteiger partial charge in [-0.25, -0.2) is 18.7 Å². The van der Waals surface area contributed by atoms with Crippen LogP contribution >= 0.6 is 0 Å². The summed E-state index contributed by atoms with van der Waals surface area (Å²) in [5.41, 5.74) is 0.834. The highest BCUT2D eigenvalue weighted by Crippen LogP contribution is 2.16. The molecule has 1 rings (SSSR count). The van der Waals surface area contributed by atoms with Crippen molar-refractivity contribution in [2.45, 2.75) is 26.8 Å². The van der Waals surface area contributed by atoms with Gasteiger partial charge in [0.15, 0.2) is 0 Å². The molecule has 1 aromatic rings. The number of alkyl halides is 2. The molecule has 6 heteroatoms. The van der Waals surface area contributed by atoms with Crippen LogP contribution in [0.15, 0.2) is 6.20 Å². The average Bonchev–Trinajstić information content (AvgIpc) is 2.26. The van der Waals surface area contributed by atoms with Gasteiger partial charge >= 0.3 is 0 Å². The van der Waals surface area contributed by atoms with Crippen molar-refractivity contribution in [1.82, 2.24) is 15.3 Å². The van der Waals surface area contributed by atoms with E-state index in [9.17, 15) is 8.78 Å². The van der Waals surface area contributed by atoms with E-state index < -0.39 is 6.43 Å². The molecule has 0 amide bonds. The van der Waals surface area contributed by atoms with E-state index in [1.807, 2.05) is 6.92 Å². The smallest absolute Gasteiger partial charge is 0.255 e. The van der Waals surface area contributed by atoms with Crippen molar-refractivity contribution in [3.63, 3.8) is 0 Å². The first-order valence-corrected chi connectivity index (χ1v) is 5.57. The highest BCUT2D eigenvalue weighted by atomic mass is 19.3. The number of aromatic nitrogens is 2. The molecular weight excluding hydrogens is 226 g/mol. The Morgan fingerprint density at radius 2 is 2.18 bits per heavy atom. The topological polar surface area (TPSA) is 41.1 Å². The number of nitrogens with one attached hydrogen (secondary N) is 1. The van der Waals surface area contributed by atoms with Crippen molar-refractivity contribution in [3.05, 3.63) is 17.6 Å². The molecule has 0 saturated carbocycles. The lowest BCUT2D eigenvalue weighted by atomic mass is 10.2. The molecule has 4 nitrogen and oxygen atoms in total. The molecular formula is C11H18F2N4. The van der Waals surface area contributed by atoms with E-state index in [2.05, 4.69) is 15.3 Å². The molecule has 1 N–H and O–H groups in total. The Kier molecular flexibility index (Phi) is 5.21. The summed E-state index contributed by atoms with van der Waals surface area (Å²) in [6, 6.07) is 0. The Hall–Kier alpha value is -1.30. The SMILES string of the molecule is CCNCc1cnc(C)nc1N(C)CC(F)F. The molecule has 96 valence electrons. The average molecular weight is 244 g/mol. The molecule has 1 heterocycles. The molecule has 0 bridgehead atoms. The second-order valence-corrected chi connectivity index (χ2v) is 3.82. The van der Waals surface area contributed by atoms with Crippen LogP contribution in [0.4, 0.5) is 14.6 Å². The fraction of sp³-hybridized carbons (Fsp3) is 0.636. The van der Waals surface area contributed by atoms with Gasteiger partial charge in [-0.05, 0) is 13.5 Å². The summed E-state index contributed by atoms with van der Waals surface area (Å²) in [4.78, 5) is 9.77. The summed E-state index contributed by atoms with van der Waals surface area (Å²) in [6.45, 7) is 4.80. The number of aryl methyl sites for hydroxylation is 1. The van der Waals surface area contributed by atoms with Gasteiger partial charge in [0.2, 0.25) is 0 Å². The van der Waals surface area contributed by atoms with Crippen LogP contribution in [0.5, 0.6) is 0 Å². The van der Waals surface area contributed by atoms with Crippen LogP contribution in [0.1, 0.15) is 18.3 Å². The third-order valence-corrected chi connectivity index (χ3v) is 2.30. The highest BCUT2D eigenvalue weighted by molar-refractivity contribution is 5.45. The molecule has 0 aromatic carbocycles. The first-order valence-electron chi connectivity index (χ1n) is 5.57. The van der Waals surface area contributed by atoms with Gasteiger partial charge in [0.05, 0.1) is 6.54 Å². The Morgan fingerprint density at radius 1 is 1.47 bits per heavy atom. The van der Waals surface area contributed by atoms with Gasteiger partial charge in [-0.3, -0.25) is 0 Å². The van der Waals surface area contributed by atoms with E-state index in [1.54, 1.807) is 20.2 Å². The predicted octanol–water partition coefficient (Wildman–Crippen LogP) is 1.60. The van der Waals surface area contributed by atoms with Gasteiger partial charge in [-0.1, -0.05) is 6.92 Å². The lowest BCUT2D eigenvalue weighted by molar-refractivity contribution is 0.156. The molecule has 0 radical (unpaired) electrons. The lowest BCUT2D eigenvalue weighted by Crippen LogP contribution is -2.27. The van der Waals surface area contributed by atoms with Gasteiger partial charge < -0.3 is 10.2 Å². The fourth-order valence-corrected chi connectivity index (χ4v) is 1.49. The number of rotatable bonds is 6. The first-order chi connectivity index (χ1) is 8.04. The summed E-state index contributed by atoms with van der Waals surface area (Å²) >= 11 is 0. The zero-order valence-electron chi connectivity index (χ0n) is 10.4. The second kappa shape index (κ2) is 6.44. The Labute approximate surface area is 100 Å². The standard InChI is InChI=1S/C11H18F2N4/c1-4-14-5-9-6-15-8(2)16-11(9)17(3)7-10(12)13/h6,10,14H,4-5,7H2,1-3H3. The Balaban J connectivity index is 2.89. The maximum Gasteiger partial charge on any atom is 0.255 e. The monoisotopic (exact) mass is 244 g/mol. The minimum Gasteiger partial charge on any atom is -0.354 e. The molecule has 0 unspecified atom stereocenters. The number of halogens is 2. The number of hydrogen-bond acceptors (Lipinski definition) is 4. The quantitative estimate of drug-likeness (QED) is 0.825. The largest absolute Gasteiger partial charge is 0.354 e. The van der Waals surface area contributed by atoms with E-state index in [1.165, 1.54) is 4.90 Å². The van der Waals surface area contributed by atoms with Gasteiger partial charge in [-0.15, -0.1) is 0 Å². The fourth-order valence-electron chi connectivity index (χ4n) is 1.49. The van der Waals surface area contributed by atoms with E-state index in [4.69, 9.17) is 0 Å². The molecule has 0 fully saturated rings. The van der Waals surface area contributed by atoms with Crippen molar-refractivity contribution < 1.29 is 8.78 Å². The first kappa shape index (κ1) is 13.8. The van der Waals surface area contributed by atoms with Gasteiger partial charge in [0.25, 0.3) is 6.43 Å². The zero-order valence-corrected chi connectivity index (χ0v) is 10.4. The zero-order chi connectivity index (χ0) is 12.8. The lowest BCUT2D eigenvalue weighted by Gasteiger charge is -2.21. The van der Waals surface area contributed by atoms with E-state index in [0.717, 1.165) is 12.1 Å². The van der Waals surface area contributed by atoms with Crippen LogP contribution in [0.2, 0.25) is 0 Å². The minimum atomic E-state index is -2.37. The number of anilines is 1. The van der Waals surface area contributed by atoms with Crippen molar-refractivity contribution in [3.8, 4) is 0 Å². The summed E-state index contributed by atoms with van der Waals surface area (Å²) in [5, 5.41) is 3.14. The van der Waals surface area contributed by atoms with Crippen molar-refractivity contribution >= 4 is 5.82 Å². The molecule has 1 aromatic heterocycles. The van der Waals surface area contributed by atoms with Crippen molar-refractivity contribution in [1.29, 1.82) is 0 Å². The molecule has 0 atom stereocenters. The van der Waals surface area contributed by atoms with Crippen LogP contribution in [-0.2, 0) is 6.54 Å². The van der Waals surface area contributed by atoms with E-state index in [-0.39, 0.29) is 6.54 Å². The molecule has 0 saturated heterocycles. The van der Waals surface area contributed by atoms with Crippen LogP contribution in [0.25, 0.3) is 0 Å². The minimum absolute atomic E-state index is 0.324. The molecule has 17 heavy (non-hydrogen) atoms. The van der Waals surface area contributed by atoms with Crippen molar-refractivity contribution in [2.24, 2.45) is 0 Å². The second-order valence-electron chi connectivity index (χ2n) is 3.82.